The van der Waals surface area contributed by atoms with E-state index in [0.29, 0.717) is 18.6 Å². The summed E-state index contributed by atoms with van der Waals surface area (Å²) >= 11 is 0. The van der Waals surface area contributed by atoms with Crippen molar-refractivity contribution in [2.75, 3.05) is 6.61 Å². The molecule has 0 saturated heterocycles. The first-order valence-corrected chi connectivity index (χ1v) is 11.5. The van der Waals surface area contributed by atoms with Gasteiger partial charge < -0.3 is 21.7 Å². The Labute approximate surface area is 197 Å². The monoisotopic (exact) mass is 472 g/mol. The zero-order chi connectivity index (χ0) is 24.9. The lowest BCUT2D eigenvalue weighted by Gasteiger charge is -2.57. The largest absolute Gasteiger partial charge is 0.390 e. The van der Waals surface area contributed by atoms with Gasteiger partial charge in [0.1, 0.15) is 11.4 Å². The molecule has 0 aromatic carbocycles. The number of aliphatic hydroxyl groups excluding tert-OH is 1. The highest BCUT2D eigenvalue weighted by atomic mass is 16.3. The van der Waals surface area contributed by atoms with Crippen LogP contribution in [0.4, 0.5) is 9.59 Å². The van der Waals surface area contributed by atoms with Gasteiger partial charge >= 0.3 is 12.1 Å². The quantitative estimate of drug-likeness (QED) is 0.258. The van der Waals surface area contributed by atoms with E-state index in [1.54, 1.807) is 6.08 Å². The lowest BCUT2D eigenvalue weighted by Crippen LogP contribution is -2.61. The summed E-state index contributed by atoms with van der Waals surface area (Å²) in [6, 6.07) is -1.64. The highest BCUT2D eigenvalue weighted by Crippen LogP contribution is 2.66. The number of urea groups is 2. The summed E-state index contributed by atoms with van der Waals surface area (Å²) in [5.41, 5.74) is 13.4. The molecule has 0 heterocycles. The number of amides is 4. The number of nitrogens with two attached hydrogens (primary N) is 2. The van der Waals surface area contributed by atoms with Crippen LogP contribution in [0, 0.1) is 28.6 Å². The highest BCUT2D eigenvalue weighted by Gasteiger charge is 2.67. The molecule has 4 aliphatic rings. The van der Waals surface area contributed by atoms with Gasteiger partial charge in [0.15, 0.2) is 0 Å². The van der Waals surface area contributed by atoms with Crippen molar-refractivity contribution in [3.63, 3.8) is 0 Å². The van der Waals surface area contributed by atoms with E-state index in [2.05, 4.69) is 28.0 Å². The predicted molar refractivity (Wildman–Crippen MR) is 124 cm³/mol. The SMILES string of the molecule is C[C@]12C=C/C(=N\NC(N)=O)C=C1CC[C@@H]1[C@@H]2C(=O)C[C@@]2(C)[C@H]1CC[C@]2(O)/C(CO)=N/NC(N)=O. The van der Waals surface area contributed by atoms with Crippen molar-refractivity contribution in [2.45, 2.75) is 51.6 Å². The molecular formula is C23H32N6O5. The fraction of sp³-hybridized carbons (Fsp3) is 0.609. The fourth-order valence-electron chi connectivity index (χ4n) is 7.09. The van der Waals surface area contributed by atoms with Crippen molar-refractivity contribution >= 4 is 29.3 Å². The van der Waals surface area contributed by atoms with Crippen LogP contribution >= 0.6 is 0 Å². The number of rotatable bonds is 4. The number of carbonyl (C=O) groups is 3. The molecule has 0 aliphatic heterocycles. The van der Waals surface area contributed by atoms with Crippen LogP contribution in [0.1, 0.15) is 46.0 Å². The summed E-state index contributed by atoms with van der Waals surface area (Å²) in [5.74, 6) is -0.132. The first-order chi connectivity index (χ1) is 16.0. The Bertz CT molecular complexity index is 1050. The zero-order valence-corrected chi connectivity index (χ0v) is 19.4. The van der Waals surface area contributed by atoms with E-state index in [1.807, 2.05) is 19.1 Å². The summed E-state index contributed by atoms with van der Waals surface area (Å²) in [6.45, 7) is 3.39. The standard InChI is InChI=1S/C23H32N6O5/c1-21-7-5-13(26-28-19(24)32)9-12(21)3-4-14-15-6-8-23(34,17(11-30)27-29-20(25)33)22(15,2)10-16(31)18(14)21/h5,7,9,14-15,18,30,34H,3-4,6,8,10-11H2,1-2H3,(H3,24,28,32)(H3,25,29,33)/b26-13+,27-17+/t14-,15-,18+,21-,22-,23-/m0/s1. The second kappa shape index (κ2) is 8.31. The van der Waals surface area contributed by atoms with Gasteiger partial charge in [-0.15, -0.1) is 0 Å². The molecule has 0 spiro atoms. The number of nitrogens with zero attached hydrogens (tertiary/aromatic N) is 2. The van der Waals surface area contributed by atoms with Gasteiger partial charge in [0.2, 0.25) is 0 Å². The van der Waals surface area contributed by atoms with E-state index < -0.39 is 35.1 Å². The third kappa shape index (κ3) is 3.54. The molecule has 6 atom stereocenters. The first-order valence-electron chi connectivity index (χ1n) is 11.5. The van der Waals surface area contributed by atoms with Gasteiger partial charge in [-0.1, -0.05) is 25.5 Å². The maximum absolute atomic E-state index is 13.7. The Balaban J connectivity index is 1.67. The second-order valence-electron chi connectivity index (χ2n) is 10.2. The van der Waals surface area contributed by atoms with Crippen LogP contribution in [0.3, 0.4) is 0 Å². The topological polar surface area (TPSA) is 192 Å². The molecule has 11 heteroatoms. The van der Waals surface area contributed by atoms with Crippen molar-refractivity contribution in [3.8, 4) is 0 Å². The molecular weight excluding hydrogens is 440 g/mol. The second-order valence-corrected chi connectivity index (χ2v) is 10.2. The number of carbonyl (C=O) groups excluding carboxylic acids is 3. The molecule has 184 valence electrons. The maximum Gasteiger partial charge on any atom is 0.332 e. The molecule has 0 radical (unpaired) electrons. The third-order valence-electron chi connectivity index (χ3n) is 8.64. The minimum Gasteiger partial charge on any atom is -0.390 e. The number of allylic oxidation sites excluding steroid dienone is 4. The summed E-state index contributed by atoms with van der Waals surface area (Å²) in [6.07, 6.45) is 8.33. The summed E-state index contributed by atoms with van der Waals surface area (Å²) in [7, 11) is 0. The predicted octanol–water partition coefficient (Wildman–Crippen LogP) is 0.676. The van der Waals surface area contributed by atoms with E-state index in [-0.39, 0.29) is 35.7 Å². The molecule has 8 N–H and O–H groups in total. The highest BCUT2D eigenvalue weighted by molar-refractivity contribution is 6.06. The summed E-state index contributed by atoms with van der Waals surface area (Å²) in [5, 5.41) is 29.6. The molecule has 0 aromatic rings. The van der Waals surface area contributed by atoms with Crippen LogP contribution in [0.5, 0.6) is 0 Å². The van der Waals surface area contributed by atoms with E-state index in [9.17, 15) is 24.6 Å². The van der Waals surface area contributed by atoms with Gasteiger partial charge in [0.05, 0.1) is 18.0 Å². The smallest absolute Gasteiger partial charge is 0.332 e. The van der Waals surface area contributed by atoms with Crippen molar-refractivity contribution in [3.05, 3.63) is 23.8 Å². The Morgan fingerprint density at radius 1 is 1.21 bits per heavy atom. The molecule has 34 heavy (non-hydrogen) atoms. The van der Waals surface area contributed by atoms with E-state index >= 15 is 0 Å². The average molecular weight is 473 g/mol. The number of aliphatic hydroxyl groups is 2. The number of hydrogen-bond acceptors (Lipinski definition) is 7. The van der Waals surface area contributed by atoms with Crippen LogP contribution in [-0.2, 0) is 4.79 Å². The molecule has 0 bridgehead atoms. The molecule has 3 fully saturated rings. The van der Waals surface area contributed by atoms with Gasteiger partial charge in [-0.05, 0) is 49.7 Å². The summed E-state index contributed by atoms with van der Waals surface area (Å²) < 4.78 is 0. The summed E-state index contributed by atoms with van der Waals surface area (Å²) in [4.78, 5) is 35.9. The lowest BCUT2D eigenvalue weighted by molar-refractivity contribution is -0.149. The number of nitrogens with one attached hydrogen (secondary N) is 2. The normalized spacial score (nSPS) is 40.2. The molecule has 0 aromatic heterocycles. The van der Waals surface area contributed by atoms with Gasteiger partial charge in [-0.2, -0.15) is 10.2 Å². The Morgan fingerprint density at radius 3 is 2.56 bits per heavy atom. The first kappa shape index (κ1) is 24.1. The number of Topliss-reactive ketones (excluding diaryl/α,β-unsaturated/α-hetero) is 1. The molecule has 4 rings (SSSR count). The van der Waals surface area contributed by atoms with Crippen molar-refractivity contribution in [1.82, 2.24) is 10.9 Å². The molecule has 4 aliphatic carbocycles. The number of hydrazone groups is 2. The fourth-order valence-corrected chi connectivity index (χ4v) is 7.09. The van der Waals surface area contributed by atoms with Crippen LogP contribution in [0.25, 0.3) is 0 Å². The number of ketones is 1. The van der Waals surface area contributed by atoms with E-state index in [4.69, 9.17) is 11.5 Å². The Morgan fingerprint density at radius 2 is 1.91 bits per heavy atom. The molecule has 4 amide bonds. The van der Waals surface area contributed by atoms with Crippen LogP contribution < -0.4 is 22.3 Å². The molecule has 3 saturated carbocycles. The van der Waals surface area contributed by atoms with Gasteiger partial charge in [0.25, 0.3) is 0 Å². The Hall–Kier alpha value is -3.05. The minimum absolute atomic E-state index is 0.0190. The van der Waals surface area contributed by atoms with E-state index in [0.717, 1.165) is 18.4 Å². The molecule has 11 nitrogen and oxygen atoms in total. The van der Waals surface area contributed by atoms with Crippen LogP contribution in [-0.4, -0.2) is 51.7 Å². The van der Waals surface area contributed by atoms with Crippen molar-refractivity contribution in [2.24, 2.45) is 50.3 Å². The van der Waals surface area contributed by atoms with Gasteiger partial charge in [-0.25, -0.2) is 20.4 Å². The van der Waals surface area contributed by atoms with Crippen LogP contribution in [0.2, 0.25) is 0 Å². The van der Waals surface area contributed by atoms with E-state index in [1.165, 1.54) is 0 Å². The van der Waals surface area contributed by atoms with Crippen LogP contribution in [0.15, 0.2) is 34.0 Å². The Kier molecular flexibility index (Phi) is 5.89. The minimum atomic E-state index is -1.53. The van der Waals surface area contributed by atoms with Crippen molar-refractivity contribution < 1.29 is 24.6 Å². The number of hydrogen-bond donors (Lipinski definition) is 6. The number of primary amides is 2. The van der Waals surface area contributed by atoms with Crippen molar-refractivity contribution in [1.29, 1.82) is 0 Å². The zero-order valence-electron chi connectivity index (χ0n) is 19.4. The lowest BCUT2D eigenvalue weighted by atomic mass is 9.46. The average Bonchev–Trinajstić information content (AvgIpc) is 3.03. The molecule has 0 unspecified atom stereocenters. The maximum atomic E-state index is 13.7. The number of fused-ring (bicyclic) bond motifs is 5. The van der Waals surface area contributed by atoms with Gasteiger partial charge in [-0.3, -0.25) is 4.79 Å². The third-order valence-corrected chi connectivity index (χ3v) is 8.64. The van der Waals surface area contributed by atoms with Gasteiger partial charge in [0, 0.05) is 23.2 Å².